The molecule has 1 aliphatic rings. The quantitative estimate of drug-likeness (QED) is 0.731. The average Bonchev–Trinajstić information content (AvgIpc) is 2.54. The molecule has 1 saturated heterocycles. The van der Waals surface area contributed by atoms with E-state index in [0.29, 0.717) is 18.7 Å². The third kappa shape index (κ3) is 5.62. The lowest BCUT2D eigenvalue weighted by atomic mass is 10.1. The zero-order valence-electron chi connectivity index (χ0n) is 12.8. The van der Waals surface area contributed by atoms with Gasteiger partial charge in [0, 0.05) is 39.3 Å². The van der Waals surface area contributed by atoms with Gasteiger partial charge in [0.2, 0.25) is 0 Å². The Labute approximate surface area is 130 Å². The standard InChI is InChI=1S/C16H25FN2O3/c17-15-3-1-2-14(12-15)16(21)13-19(6-9-20)5-4-18-7-10-22-11-8-18/h1-3,12,16,20-21H,4-11,13H2. The van der Waals surface area contributed by atoms with Gasteiger partial charge in [0.15, 0.2) is 0 Å². The molecule has 22 heavy (non-hydrogen) atoms. The van der Waals surface area contributed by atoms with Crippen LogP contribution in [0.15, 0.2) is 24.3 Å². The predicted octanol–water partition coefficient (Wildman–Crippen LogP) is 0.486. The van der Waals surface area contributed by atoms with Crippen molar-refractivity contribution >= 4 is 0 Å². The van der Waals surface area contributed by atoms with E-state index in [2.05, 4.69) is 4.90 Å². The average molecular weight is 312 g/mol. The molecular formula is C16H25FN2O3. The minimum Gasteiger partial charge on any atom is -0.395 e. The van der Waals surface area contributed by atoms with Crippen LogP contribution in [0.4, 0.5) is 4.39 Å². The fourth-order valence-corrected chi connectivity index (χ4v) is 2.61. The Morgan fingerprint density at radius 1 is 1.27 bits per heavy atom. The lowest BCUT2D eigenvalue weighted by Crippen LogP contribution is -2.43. The van der Waals surface area contributed by atoms with Crippen molar-refractivity contribution in [2.45, 2.75) is 6.10 Å². The zero-order chi connectivity index (χ0) is 15.8. The van der Waals surface area contributed by atoms with E-state index in [0.717, 1.165) is 39.4 Å². The smallest absolute Gasteiger partial charge is 0.123 e. The van der Waals surface area contributed by atoms with Crippen LogP contribution in [0.25, 0.3) is 0 Å². The molecule has 2 rings (SSSR count). The van der Waals surface area contributed by atoms with Crippen molar-refractivity contribution in [2.24, 2.45) is 0 Å². The van der Waals surface area contributed by atoms with Crippen molar-refractivity contribution in [3.8, 4) is 0 Å². The summed E-state index contributed by atoms with van der Waals surface area (Å²) in [6.07, 6.45) is -0.757. The third-order valence-electron chi connectivity index (χ3n) is 3.92. The molecule has 1 heterocycles. The molecule has 0 amide bonds. The molecule has 1 fully saturated rings. The summed E-state index contributed by atoms with van der Waals surface area (Å²) in [5.74, 6) is -0.349. The first kappa shape index (κ1) is 17.3. The van der Waals surface area contributed by atoms with Crippen LogP contribution < -0.4 is 0 Å². The van der Waals surface area contributed by atoms with Crippen LogP contribution in [0.2, 0.25) is 0 Å². The Hall–Kier alpha value is -1.05. The monoisotopic (exact) mass is 312 g/mol. The molecule has 124 valence electrons. The van der Waals surface area contributed by atoms with Crippen molar-refractivity contribution in [3.63, 3.8) is 0 Å². The maximum absolute atomic E-state index is 13.2. The summed E-state index contributed by atoms with van der Waals surface area (Å²) in [5, 5.41) is 19.4. The van der Waals surface area contributed by atoms with E-state index in [1.807, 2.05) is 4.90 Å². The molecule has 2 N–H and O–H groups in total. The molecule has 0 radical (unpaired) electrons. The molecule has 1 aromatic rings. The molecule has 1 aliphatic heterocycles. The number of hydrogen-bond donors (Lipinski definition) is 2. The Morgan fingerprint density at radius 3 is 2.73 bits per heavy atom. The van der Waals surface area contributed by atoms with Crippen molar-refractivity contribution in [1.29, 1.82) is 0 Å². The van der Waals surface area contributed by atoms with Crippen LogP contribution in [0.3, 0.4) is 0 Å². The molecule has 1 unspecified atom stereocenters. The van der Waals surface area contributed by atoms with E-state index >= 15 is 0 Å². The summed E-state index contributed by atoms with van der Waals surface area (Å²) in [6.45, 7) is 5.90. The normalized spacial score (nSPS) is 17.8. The van der Waals surface area contributed by atoms with Gasteiger partial charge in [0.05, 0.1) is 25.9 Å². The zero-order valence-corrected chi connectivity index (χ0v) is 12.8. The lowest BCUT2D eigenvalue weighted by Gasteiger charge is -2.30. The Balaban J connectivity index is 1.84. The number of aliphatic hydroxyl groups is 2. The Kier molecular flexibility index (Phi) is 7.21. The number of aliphatic hydroxyl groups excluding tert-OH is 2. The molecule has 0 aromatic heterocycles. The summed E-state index contributed by atoms with van der Waals surface area (Å²) >= 11 is 0. The van der Waals surface area contributed by atoms with E-state index in [-0.39, 0.29) is 12.4 Å². The number of morpholine rings is 1. The highest BCUT2D eigenvalue weighted by Gasteiger charge is 2.16. The molecule has 1 aromatic carbocycles. The minimum absolute atomic E-state index is 0.0407. The van der Waals surface area contributed by atoms with Gasteiger partial charge in [-0.25, -0.2) is 4.39 Å². The van der Waals surface area contributed by atoms with E-state index < -0.39 is 6.10 Å². The van der Waals surface area contributed by atoms with Gasteiger partial charge in [-0.05, 0) is 17.7 Å². The highest BCUT2D eigenvalue weighted by atomic mass is 19.1. The molecule has 0 saturated carbocycles. The maximum Gasteiger partial charge on any atom is 0.123 e. The van der Waals surface area contributed by atoms with Crippen LogP contribution in [-0.2, 0) is 4.74 Å². The van der Waals surface area contributed by atoms with Crippen molar-refractivity contribution in [1.82, 2.24) is 9.80 Å². The molecule has 1 atom stereocenters. The van der Waals surface area contributed by atoms with Crippen molar-refractivity contribution in [3.05, 3.63) is 35.6 Å². The molecule has 5 nitrogen and oxygen atoms in total. The van der Waals surface area contributed by atoms with Crippen LogP contribution in [0, 0.1) is 5.82 Å². The number of halogens is 1. The van der Waals surface area contributed by atoms with E-state index in [1.165, 1.54) is 12.1 Å². The summed E-state index contributed by atoms with van der Waals surface area (Å²) < 4.78 is 18.5. The van der Waals surface area contributed by atoms with Gasteiger partial charge in [0.1, 0.15) is 5.82 Å². The van der Waals surface area contributed by atoms with Gasteiger partial charge in [-0.1, -0.05) is 12.1 Å². The predicted molar refractivity (Wildman–Crippen MR) is 82.1 cm³/mol. The fraction of sp³-hybridized carbons (Fsp3) is 0.625. The summed E-state index contributed by atoms with van der Waals surface area (Å²) in [6, 6.07) is 6.02. The highest BCUT2D eigenvalue weighted by Crippen LogP contribution is 2.15. The number of hydrogen-bond acceptors (Lipinski definition) is 5. The van der Waals surface area contributed by atoms with E-state index in [4.69, 9.17) is 4.74 Å². The molecular weight excluding hydrogens is 287 g/mol. The second-order valence-electron chi connectivity index (χ2n) is 5.55. The SMILES string of the molecule is OCCN(CCN1CCOCC1)CC(O)c1cccc(F)c1. The molecule has 0 bridgehead atoms. The maximum atomic E-state index is 13.2. The number of ether oxygens (including phenoxy) is 1. The van der Waals surface area contributed by atoms with Crippen LogP contribution in [0.1, 0.15) is 11.7 Å². The Bertz CT molecular complexity index is 441. The first-order chi connectivity index (χ1) is 10.7. The lowest BCUT2D eigenvalue weighted by molar-refractivity contribution is 0.0283. The summed E-state index contributed by atoms with van der Waals surface area (Å²) in [7, 11) is 0. The largest absolute Gasteiger partial charge is 0.395 e. The van der Waals surface area contributed by atoms with Gasteiger partial charge in [-0.3, -0.25) is 9.80 Å². The van der Waals surface area contributed by atoms with Crippen molar-refractivity contribution < 1.29 is 19.3 Å². The van der Waals surface area contributed by atoms with E-state index in [9.17, 15) is 14.6 Å². The number of benzene rings is 1. The first-order valence-corrected chi connectivity index (χ1v) is 7.76. The highest BCUT2D eigenvalue weighted by molar-refractivity contribution is 5.19. The van der Waals surface area contributed by atoms with Gasteiger partial charge in [-0.15, -0.1) is 0 Å². The minimum atomic E-state index is -0.757. The van der Waals surface area contributed by atoms with Gasteiger partial charge in [0.25, 0.3) is 0 Å². The van der Waals surface area contributed by atoms with Crippen molar-refractivity contribution in [2.75, 3.05) is 59.1 Å². The summed E-state index contributed by atoms with van der Waals surface area (Å²) in [5.41, 5.74) is 0.564. The van der Waals surface area contributed by atoms with E-state index in [1.54, 1.807) is 12.1 Å². The van der Waals surface area contributed by atoms with Crippen LogP contribution in [-0.4, -0.2) is 79.1 Å². The molecule has 6 heteroatoms. The van der Waals surface area contributed by atoms with Gasteiger partial charge in [-0.2, -0.15) is 0 Å². The Morgan fingerprint density at radius 2 is 2.05 bits per heavy atom. The molecule has 0 aliphatic carbocycles. The number of nitrogens with zero attached hydrogens (tertiary/aromatic N) is 2. The van der Waals surface area contributed by atoms with Gasteiger partial charge >= 0.3 is 0 Å². The topological polar surface area (TPSA) is 56.2 Å². The fourth-order valence-electron chi connectivity index (χ4n) is 2.61. The number of rotatable bonds is 8. The third-order valence-corrected chi connectivity index (χ3v) is 3.92. The first-order valence-electron chi connectivity index (χ1n) is 7.76. The van der Waals surface area contributed by atoms with Crippen LogP contribution >= 0.6 is 0 Å². The second kappa shape index (κ2) is 9.17. The second-order valence-corrected chi connectivity index (χ2v) is 5.55. The molecule has 0 spiro atoms. The summed E-state index contributed by atoms with van der Waals surface area (Å²) in [4.78, 5) is 4.31. The van der Waals surface area contributed by atoms with Gasteiger partial charge < -0.3 is 14.9 Å². The van der Waals surface area contributed by atoms with Crippen LogP contribution in [0.5, 0.6) is 0 Å².